The summed E-state index contributed by atoms with van der Waals surface area (Å²) in [7, 11) is -2.37. The molecule has 0 spiro atoms. The Kier molecular flexibility index (Phi) is 5.47. The lowest BCUT2D eigenvalue weighted by Gasteiger charge is -2.20. The lowest BCUT2D eigenvalue weighted by molar-refractivity contribution is 0.279. The number of ether oxygens (including phenoxy) is 2. The third-order valence-corrected chi connectivity index (χ3v) is 7.48. The summed E-state index contributed by atoms with van der Waals surface area (Å²) >= 11 is 0. The van der Waals surface area contributed by atoms with E-state index in [-0.39, 0.29) is 24.6 Å². The summed E-state index contributed by atoms with van der Waals surface area (Å²) in [6, 6.07) is 18.6. The number of nitrogens with zero attached hydrogens (tertiary/aromatic N) is 2. The van der Waals surface area contributed by atoms with E-state index in [4.69, 9.17) is 9.47 Å². The zero-order valence-corrected chi connectivity index (χ0v) is 18.7. The maximum atomic E-state index is 13.7. The molecular weight excluding hydrogens is 443 g/mol. The van der Waals surface area contributed by atoms with Gasteiger partial charge in [-0.3, -0.25) is 4.98 Å². The fraction of sp³-hybridized carbons (Fsp3) is 0.160. The molecule has 4 aromatic rings. The van der Waals surface area contributed by atoms with Crippen molar-refractivity contribution in [2.75, 3.05) is 20.3 Å². The number of hydrogen-bond donors (Lipinski definition) is 0. The summed E-state index contributed by atoms with van der Waals surface area (Å²) in [5, 5.41) is 0.996. The summed E-state index contributed by atoms with van der Waals surface area (Å²) < 4.78 is 52.9. The molecule has 2 heterocycles. The van der Waals surface area contributed by atoms with Crippen LogP contribution in [0.4, 0.5) is 4.39 Å². The van der Waals surface area contributed by atoms with Crippen molar-refractivity contribution in [3.05, 3.63) is 84.3 Å². The number of aromatic nitrogens is 1. The van der Waals surface area contributed by atoms with Crippen LogP contribution in [0.25, 0.3) is 22.0 Å². The normalized spacial score (nSPS) is 14.4. The van der Waals surface area contributed by atoms with Crippen LogP contribution in [0.2, 0.25) is 0 Å². The Labute approximate surface area is 191 Å². The van der Waals surface area contributed by atoms with E-state index in [2.05, 4.69) is 4.98 Å². The Bertz CT molecular complexity index is 1460. The van der Waals surface area contributed by atoms with E-state index in [1.807, 2.05) is 42.5 Å². The molecule has 0 N–H and O–H groups in total. The number of fused-ring (bicyclic) bond motifs is 2. The lowest BCUT2D eigenvalue weighted by Crippen LogP contribution is -2.32. The van der Waals surface area contributed by atoms with Gasteiger partial charge in [0.25, 0.3) is 0 Å². The number of para-hydroxylation sites is 1. The quantitative estimate of drug-likeness (QED) is 0.440. The van der Waals surface area contributed by atoms with Gasteiger partial charge in [0.1, 0.15) is 12.4 Å². The maximum Gasteiger partial charge on any atom is 0.243 e. The van der Waals surface area contributed by atoms with E-state index in [9.17, 15) is 12.8 Å². The Morgan fingerprint density at radius 2 is 1.88 bits per heavy atom. The zero-order chi connectivity index (χ0) is 23.0. The van der Waals surface area contributed by atoms with Gasteiger partial charge in [0.05, 0.1) is 17.5 Å². The van der Waals surface area contributed by atoms with Gasteiger partial charge in [-0.25, -0.2) is 12.8 Å². The molecule has 0 atom stereocenters. The number of sulfonamides is 1. The van der Waals surface area contributed by atoms with Crippen molar-refractivity contribution in [1.29, 1.82) is 0 Å². The van der Waals surface area contributed by atoms with Crippen molar-refractivity contribution in [2.45, 2.75) is 11.4 Å². The van der Waals surface area contributed by atoms with Crippen LogP contribution in [0.5, 0.6) is 11.5 Å². The molecule has 0 aliphatic carbocycles. The van der Waals surface area contributed by atoms with Gasteiger partial charge in [0, 0.05) is 35.8 Å². The number of hydrogen-bond acceptors (Lipinski definition) is 5. The highest BCUT2D eigenvalue weighted by Crippen LogP contribution is 2.39. The second-order valence-electron chi connectivity index (χ2n) is 7.73. The average molecular weight is 465 g/mol. The van der Waals surface area contributed by atoms with E-state index in [0.717, 1.165) is 28.1 Å². The Morgan fingerprint density at radius 1 is 1.03 bits per heavy atom. The third kappa shape index (κ3) is 4.03. The molecule has 33 heavy (non-hydrogen) atoms. The average Bonchev–Trinajstić information content (AvgIpc) is 3.06. The standard InChI is InChI=1S/C25H21FN2O4S/c1-31-24-13-18(19-11-17-5-2-3-8-23(17)27-15-19)12-20-16-28(9-10-32-25(20)24)33(29,30)22-7-4-6-21(26)14-22/h2-8,11-15H,9-10,16H2,1H3. The Balaban J connectivity index is 1.57. The topological polar surface area (TPSA) is 68.7 Å². The fourth-order valence-electron chi connectivity index (χ4n) is 3.99. The second-order valence-corrected chi connectivity index (χ2v) is 9.67. The first-order valence-electron chi connectivity index (χ1n) is 10.4. The highest BCUT2D eigenvalue weighted by atomic mass is 32.2. The van der Waals surface area contributed by atoms with Gasteiger partial charge >= 0.3 is 0 Å². The van der Waals surface area contributed by atoms with Gasteiger partial charge in [0.15, 0.2) is 11.5 Å². The van der Waals surface area contributed by atoms with Crippen LogP contribution < -0.4 is 9.47 Å². The molecule has 0 saturated carbocycles. The molecule has 0 saturated heterocycles. The minimum atomic E-state index is -3.92. The Morgan fingerprint density at radius 3 is 2.70 bits per heavy atom. The van der Waals surface area contributed by atoms with E-state index < -0.39 is 15.8 Å². The van der Waals surface area contributed by atoms with Crippen molar-refractivity contribution in [2.24, 2.45) is 0 Å². The number of halogens is 1. The summed E-state index contributed by atoms with van der Waals surface area (Å²) in [6.07, 6.45) is 1.78. The Hall–Kier alpha value is -3.49. The summed E-state index contributed by atoms with van der Waals surface area (Å²) in [4.78, 5) is 4.44. The molecule has 1 aliphatic rings. The zero-order valence-electron chi connectivity index (χ0n) is 17.9. The molecule has 8 heteroatoms. The first kappa shape index (κ1) is 21.4. The molecule has 0 amide bonds. The lowest BCUT2D eigenvalue weighted by atomic mass is 10.0. The van der Waals surface area contributed by atoms with Crippen molar-refractivity contribution in [3.63, 3.8) is 0 Å². The number of pyridine rings is 1. The van der Waals surface area contributed by atoms with Gasteiger partial charge in [-0.2, -0.15) is 4.31 Å². The van der Waals surface area contributed by atoms with Gasteiger partial charge in [0.2, 0.25) is 10.0 Å². The highest BCUT2D eigenvalue weighted by molar-refractivity contribution is 7.89. The predicted molar refractivity (Wildman–Crippen MR) is 123 cm³/mol. The molecule has 0 unspecified atom stereocenters. The van der Waals surface area contributed by atoms with Crippen molar-refractivity contribution in [1.82, 2.24) is 9.29 Å². The second kappa shape index (κ2) is 8.46. The van der Waals surface area contributed by atoms with Crippen LogP contribution in [-0.4, -0.2) is 38.0 Å². The number of benzene rings is 3. The number of rotatable bonds is 4. The summed E-state index contributed by atoms with van der Waals surface area (Å²) in [5.41, 5.74) is 3.25. The molecule has 1 aliphatic heterocycles. The van der Waals surface area contributed by atoms with E-state index in [1.165, 1.54) is 22.5 Å². The van der Waals surface area contributed by atoms with E-state index in [0.29, 0.717) is 17.1 Å². The molecule has 3 aromatic carbocycles. The third-order valence-electron chi connectivity index (χ3n) is 5.64. The first-order chi connectivity index (χ1) is 16.0. The van der Waals surface area contributed by atoms with Gasteiger partial charge in [-0.1, -0.05) is 24.3 Å². The fourth-order valence-corrected chi connectivity index (χ4v) is 5.42. The summed E-state index contributed by atoms with van der Waals surface area (Å²) in [5.74, 6) is 0.419. The molecular formula is C25H21FN2O4S. The maximum absolute atomic E-state index is 13.7. The summed E-state index contributed by atoms with van der Waals surface area (Å²) in [6.45, 7) is 0.345. The molecule has 0 radical (unpaired) electrons. The minimum Gasteiger partial charge on any atom is -0.493 e. The number of methoxy groups -OCH3 is 1. The van der Waals surface area contributed by atoms with Gasteiger partial charge in [-0.05, 0) is 48.0 Å². The van der Waals surface area contributed by atoms with Crippen LogP contribution in [0, 0.1) is 5.82 Å². The highest BCUT2D eigenvalue weighted by Gasteiger charge is 2.29. The molecule has 5 rings (SSSR count). The molecule has 0 fully saturated rings. The molecule has 0 bridgehead atoms. The van der Waals surface area contributed by atoms with Crippen molar-refractivity contribution >= 4 is 20.9 Å². The van der Waals surface area contributed by atoms with Crippen LogP contribution in [0.3, 0.4) is 0 Å². The van der Waals surface area contributed by atoms with E-state index in [1.54, 1.807) is 13.3 Å². The van der Waals surface area contributed by atoms with Gasteiger partial charge in [-0.15, -0.1) is 0 Å². The SMILES string of the molecule is COc1cc(-c2cnc3ccccc3c2)cc2c1OCCN(S(=O)(=O)c1cccc(F)c1)C2. The predicted octanol–water partition coefficient (Wildman–Crippen LogP) is 4.63. The van der Waals surface area contributed by atoms with Crippen LogP contribution in [-0.2, 0) is 16.6 Å². The monoisotopic (exact) mass is 464 g/mol. The van der Waals surface area contributed by atoms with Crippen LogP contribution in [0.1, 0.15) is 5.56 Å². The molecule has 168 valence electrons. The molecule has 1 aromatic heterocycles. The molecule has 6 nitrogen and oxygen atoms in total. The van der Waals surface area contributed by atoms with Gasteiger partial charge < -0.3 is 9.47 Å². The minimum absolute atomic E-state index is 0.0688. The van der Waals surface area contributed by atoms with Crippen molar-refractivity contribution < 1.29 is 22.3 Å². The van der Waals surface area contributed by atoms with Crippen LogP contribution >= 0.6 is 0 Å². The van der Waals surface area contributed by atoms with Crippen molar-refractivity contribution in [3.8, 4) is 22.6 Å². The van der Waals surface area contributed by atoms with E-state index >= 15 is 0 Å². The van der Waals surface area contributed by atoms with Crippen LogP contribution in [0.15, 0.2) is 77.8 Å². The first-order valence-corrected chi connectivity index (χ1v) is 11.8. The largest absolute Gasteiger partial charge is 0.493 e. The smallest absolute Gasteiger partial charge is 0.243 e.